The van der Waals surface area contributed by atoms with Gasteiger partial charge in [-0.15, -0.1) is 0 Å². The van der Waals surface area contributed by atoms with Crippen molar-refractivity contribution in [3.8, 4) is 0 Å². The van der Waals surface area contributed by atoms with Gasteiger partial charge in [0.1, 0.15) is 5.60 Å². The summed E-state index contributed by atoms with van der Waals surface area (Å²) in [6.45, 7) is 9.46. The molecule has 0 unspecified atom stereocenters. The Morgan fingerprint density at radius 2 is 0.818 bits per heavy atom. The molecule has 0 saturated carbocycles. The van der Waals surface area contributed by atoms with E-state index >= 15 is 0 Å². The Labute approximate surface area is 202 Å². The smallest absolute Gasteiger partial charge is 0.143 e. The Morgan fingerprint density at radius 1 is 0.485 bits per heavy atom. The monoisotopic (exact) mass is 442 g/mol. The second kappa shape index (κ2) is 12.8. The van der Waals surface area contributed by atoms with Crippen LogP contribution in [0.25, 0.3) is 0 Å². The maximum absolute atomic E-state index is 6.95. The lowest BCUT2D eigenvalue weighted by atomic mass is 9.79. The Bertz CT molecular complexity index is 824. The molecule has 0 bridgehead atoms. The summed E-state index contributed by atoms with van der Waals surface area (Å²) in [6, 6.07) is 26.6. The molecular formula is C32H42O. The van der Waals surface area contributed by atoms with Gasteiger partial charge in [-0.3, -0.25) is 0 Å². The molecule has 0 atom stereocenters. The van der Waals surface area contributed by atoms with Crippen molar-refractivity contribution < 1.29 is 4.74 Å². The molecule has 0 spiro atoms. The summed E-state index contributed by atoms with van der Waals surface area (Å²) in [5.74, 6) is 0. The molecule has 1 heteroatoms. The summed E-state index contributed by atoms with van der Waals surface area (Å²) in [6.07, 6.45) is 10.4. The highest BCUT2D eigenvalue weighted by Crippen LogP contribution is 2.41. The van der Waals surface area contributed by atoms with Crippen LogP contribution in [0.5, 0.6) is 0 Å². The Balaban J connectivity index is 1.86. The van der Waals surface area contributed by atoms with Gasteiger partial charge in [-0.05, 0) is 43.9 Å². The highest BCUT2D eigenvalue weighted by molar-refractivity contribution is 5.49. The molecular weight excluding hydrogens is 400 g/mol. The van der Waals surface area contributed by atoms with Gasteiger partial charge in [-0.2, -0.15) is 0 Å². The zero-order chi connectivity index (χ0) is 23.5. The second-order valence-electron chi connectivity index (χ2n) is 9.60. The number of benzene rings is 3. The molecule has 0 amide bonds. The van der Waals surface area contributed by atoms with Crippen LogP contribution < -0.4 is 0 Å². The fourth-order valence-corrected chi connectivity index (χ4v) is 4.58. The first kappa shape index (κ1) is 25.2. The molecule has 3 aromatic rings. The fourth-order valence-electron chi connectivity index (χ4n) is 4.58. The van der Waals surface area contributed by atoms with Crippen molar-refractivity contribution in [1.29, 1.82) is 0 Å². The number of hydrogen-bond donors (Lipinski definition) is 0. The van der Waals surface area contributed by atoms with Crippen LogP contribution in [0.4, 0.5) is 0 Å². The van der Waals surface area contributed by atoms with Gasteiger partial charge in [0.05, 0.1) is 0 Å². The number of ether oxygens (including phenoxy) is 1. The zero-order valence-electron chi connectivity index (χ0n) is 21.2. The third kappa shape index (κ3) is 6.81. The first-order valence-corrected chi connectivity index (χ1v) is 12.9. The first-order chi connectivity index (χ1) is 16.1. The summed E-state index contributed by atoms with van der Waals surface area (Å²) >= 11 is 0. The molecule has 3 aromatic carbocycles. The van der Waals surface area contributed by atoms with Crippen molar-refractivity contribution in [3.63, 3.8) is 0 Å². The molecule has 0 aliphatic heterocycles. The van der Waals surface area contributed by atoms with E-state index in [1.54, 1.807) is 0 Å². The average molecular weight is 443 g/mol. The molecule has 0 aromatic heterocycles. The SMILES string of the molecule is CCCCCCCCCCOC(c1ccc(C)cc1)(c1ccc(C)cc1)c1ccc(C)cc1. The van der Waals surface area contributed by atoms with Crippen LogP contribution in [-0.4, -0.2) is 6.61 Å². The number of unbranched alkanes of at least 4 members (excludes halogenated alkanes) is 7. The standard InChI is InChI=1S/C32H42O/c1-5-6-7-8-9-10-11-12-25-33-32(29-19-13-26(2)14-20-29,30-21-15-27(3)16-22-30)31-23-17-28(4)18-24-31/h13-24H,5-12,25H2,1-4H3. The molecule has 176 valence electrons. The number of hydrogen-bond acceptors (Lipinski definition) is 1. The van der Waals surface area contributed by atoms with Gasteiger partial charge in [0, 0.05) is 6.61 Å². The van der Waals surface area contributed by atoms with Crippen LogP contribution in [0.2, 0.25) is 0 Å². The zero-order valence-corrected chi connectivity index (χ0v) is 21.2. The van der Waals surface area contributed by atoms with E-state index in [4.69, 9.17) is 4.74 Å². The normalized spacial score (nSPS) is 11.6. The minimum Gasteiger partial charge on any atom is -0.361 e. The Morgan fingerprint density at radius 3 is 1.18 bits per heavy atom. The van der Waals surface area contributed by atoms with E-state index in [2.05, 4.69) is 100 Å². The van der Waals surface area contributed by atoms with Gasteiger partial charge in [0.15, 0.2) is 0 Å². The Hall–Kier alpha value is -2.38. The van der Waals surface area contributed by atoms with Crippen molar-refractivity contribution >= 4 is 0 Å². The van der Waals surface area contributed by atoms with E-state index in [9.17, 15) is 0 Å². The number of rotatable bonds is 13. The summed E-state index contributed by atoms with van der Waals surface area (Å²) < 4.78 is 6.95. The predicted molar refractivity (Wildman–Crippen MR) is 142 cm³/mol. The van der Waals surface area contributed by atoms with E-state index in [1.165, 1.54) is 78.3 Å². The van der Waals surface area contributed by atoms with Gasteiger partial charge >= 0.3 is 0 Å². The van der Waals surface area contributed by atoms with E-state index in [0.29, 0.717) is 0 Å². The van der Waals surface area contributed by atoms with Crippen LogP contribution in [0.1, 0.15) is 91.7 Å². The topological polar surface area (TPSA) is 9.23 Å². The van der Waals surface area contributed by atoms with Crippen molar-refractivity contribution in [3.05, 3.63) is 106 Å². The second-order valence-corrected chi connectivity index (χ2v) is 9.60. The van der Waals surface area contributed by atoms with E-state index < -0.39 is 5.60 Å². The molecule has 33 heavy (non-hydrogen) atoms. The Kier molecular flexibility index (Phi) is 9.76. The maximum atomic E-state index is 6.95. The molecule has 3 rings (SSSR count). The molecule has 0 N–H and O–H groups in total. The molecule has 0 fully saturated rings. The van der Waals surface area contributed by atoms with Crippen LogP contribution in [-0.2, 0) is 10.3 Å². The van der Waals surface area contributed by atoms with Crippen molar-refractivity contribution in [2.45, 2.75) is 84.7 Å². The van der Waals surface area contributed by atoms with Crippen molar-refractivity contribution in [1.82, 2.24) is 0 Å². The third-order valence-corrected chi connectivity index (χ3v) is 6.69. The lowest BCUT2D eigenvalue weighted by Crippen LogP contribution is -2.33. The van der Waals surface area contributed by atoms with E-state index in [0.717, 1.165) is 13.0 Å². The number of aryl methyl sites for hydroxylation is 3. The van der Waals surface area contributed by atoms with Crippen LogP contribution in [0.15, 0.2) is 72.8 Å². The fraction of sp³-hybridized carbons (Fsp3) is 0.438. The van der Waals surface area contributed by atoms with Gasteiger partial charge in [-0.1, -0.05) is 141 Å². The molecule has 0 heterocycles. The predicted octanol–water partition coefficient (Wildman–Crippen LogP) is 9.06. The largest absolute Gasteiger partial charge is 0.361 e. The van der Waals surface area contributed by atoms with Gasteiger partial charge in [-0.25, -0.2) is 0 Å². The first-order valence-electron chi connectivity index (χ1n) is 12.9. The minimum absolute atomic E-state index is 0.601. The molecule has 0 aliphatic rings. The minimum atomic E-state index is -0.601. The quantitative estimate of drug-likeness (QED) is 0.189. The third-order valence-electron chi connectivity index (χ3n) is 6.69. The van der Waals surface area contributed by atoms with Crippen LogP contribution in [0.3, 0.4) is 0 Å². The molecule has 0 radical (unpaired) electrons. The lowest BCUT2D eigenvalue weighted by Gasteiger charge is -2.36. The summed E-state index contributed by atoms with van der Waals surface area (Å²) in [5, 5.41) is 0. The maximum Gasteiger partial charge on any atom is 0.143 e. The highest BCUT2D eigenvalue weighted by atomic mass is 16.5. The summed E-state index contributed by atoms with van der Waals surface area (Å²) in [7, 11) is 0. The van der Waals surface area contributed by atoms with E-state index in [-0.39, 0.29) is 0 Å². The highest BCUT2D eigenvalue weighted by Gasteiger charge is 2.37. The summed E-state index contributed by atoms with van der Waals surface area (Å²) in [4.78, 5) is 0. The molecule has 0 saturated heterocycles. The van der Waals surface area contributed by atoms with Crippen LogP contribution in [0, 0.1) is 20.8 Å². The van der Waals surface area contributed by atoms with Gasteiger partial charge in [0.25, 0.3) is 0 Å². The van der Waals surface area contributed by atoms with E-state index in [1.807, 2.05) is 0 Å². The van der Waals surface area contributed by atoms with Gasteiger partial charge in [0.2, 0.25) is 0 Å². The van der Waals surface area contributed by atoms with Gasteiger partial charge < -0.3 is 4.74 Å². The average Bonchev–Trinajstić information content (AvgIpc) is 2.83. The van der Waals surface area contributed by atoms with Crippen molar-refractivity contribution in [2.75, 3.05) is 6.61 Å². The van der Waals surface area contributed by atoms with Crippen molar-refractivity contribution in [2.24, 2.45) is 0 Å². The lowest BCUT2D eigenvalue weighted by molar-refractivity contribution is 0.0106. The van der Waals surface area contributed by atoms with Crippen LogP contribution >= 0.6 is 0 Å². The molecule has 1 nitrogen and oxygen atoms in total. The molecule has 0 aliphatic carbocycles. The summed E-state index contributed by atoms with van der Waals surface area (Å²) in [5.41, 5.74) is 6.78.